The summed E-state index contributed by atoms with van der Waals surface area (Å²) in [4.78, 5) is 33.7. The highest BCUT2D eigenvalue weighted by molar-refractivity contribution is 5.92. The van der Waals surface area contributed by atoms with E-state index in [-0.39, 0.29) is 11.8 Å². The Bertz CT molecular complexity index is 1140. The van der Waals surface area contributed by atoms with Crippen LogP contribution in [0, 0.1) is 6.92 Å². The Morgan fingerprint density at radius 2 is 1.73 bits per heavy atom. The van der Waals surface area contributed by atoms with Crippen LogP contribution in [-0.2, 0) is 16.0 Å². The molecule has 2 amide bonds. The summed E-state index contributed by atoms with van der Waals surface area (Å²) in [7, 11) is 0. The highest BCUT2D eigenvalue weighted by atomic mass is 16.2. The summed E-state index contributed by atoms with van der Waals surface area (Å²) in [6.45, 7) is 8.14. The van der Waals surface area contributed by atoms with Gasteiger partial charge in [-0.05, 0) is 44.0 Å². The van der Waals surface area contributed by atoms with Crippen LogP contribution in [0.5, 0.6) is 0 Å². The molecule has 1 aliphatic heterocycles. The number of benzene rings is 2. The number of aryl methyl sites for hydroxylation is 1. The van der Waals surface area contributed by atoms with E-state index in [0.717, 1.165) is 29.6 Å². The Balaban J connectivity index is 1.51. The highest BCUT2D eigenvalue weighted by Crippen LogP contribution is 2.23. The molecule has 33 heavy (non-hydrogen) atoms. The van der Waals surface area contributed by atoms with Crippen LogP contribution < -0.4 is 16.0 Å². The number of aromatic nitrogens is 1. The fraction of sp³-hybridized carbons (Fsp3) is 0.385. The normalized spacial score (nSPS) is 15.5. The summed E-state index contributed by atoms with van der Waals surface area (Å²) >= 11 is 0. The molecule has 3 aromatic rings. The van der Waals surface area contributed by atoms with Crippen molar-refractivity contribution in [3.63, 3.8) is 0 Å². The van der Waals surface area contributed by atoms with E-state index in [2.05, 4.69) is 34.3 Å². The Hall–Kier alpha value is -3.32. The number of H-pyrrole nitrogens is 1. The van der Waals surface area contributed by atoms with Crippen LogP contribution >= 0.6 is 0 Å². The fourth-order valence-corrected chi connectivity index (χ4v) is 4.37. The van der Waals surface area contributed by atoms with Crippen LogP contribution in [0.15, 0.2) is 54.7 Å². The third-order valence-electron chi connectivity index (χ3n) is 6.34. The lowest BCUT2D eigenvalue weighted by atomic mass is 10.0. The zero-order valence-corrected chi connectivity index (χ0v) is 19.6. The van der Waals surface area contributed by atoms with Gasteiger partial charge in [0.15, 0.2) is 0 Å². The molecule has 0 bridgehead atoms. The molecule has 1 atom stereocenters. The summed E-state index contributed by atoms with van der Waals surface area (Å²) in [5.41, 5.74) is 9.39. The maximum Gasteiger partial charge on any atom is 0.245 e. The minimum absolute atomic E-state index is 0.0673. The molecule has 0 spiro atoms. The van der Waals surface area contributed by atoms with Gasteiger partial charge in [0.25, 0.3) is 0 Å². The van der Waals surface area contributed by atoms with Gasteiger partial charge in [0.1, 0.15) is 6.04 Å². The largest absolute Gasteiger partial charge is 0.368 e. The van der Waals surface area contributed by atoms with Gasteiger partial charge in [-0.25, -0.2) is 0 Å². The molecule has 1 fully saturated rings. The first-order chi connectivity index (χ1) is 15.7. The molecule has 1 aliphatic rings. The monoisotopic (exact) mass is 447 g/mol. The second kappa shape index (κ2) is 9.27. The fourth-order valence-electron chi connectivity index (χ4n) is 4.37. The van der Waals surface area contributed by atoms with E-state index >= 15 is 0 Å². The average Bonchev–Trinajstić information content (AvgIpc) is 3.21. The SMILES string of the molecule is Cc1ccccc1N1CCN(C(=O)[C@@H](Cc2c[nH]c3ccccc23)NC(=O)C(C)(C)N)CC1. The van der Waals surface area contributed by atoms with Crippen molar-refractivity contribution >= 4 is 28.4 Å². The number of fused-ring (bicyclic) bond motifs is 1. The molecule has 4 N–H and O–H groups in total. The molecule has 174 valence electrons. The number of para-hydroxylation sites is 2. The molecule has 0 unspecified atom stereocenters. The van der Waals surface area contributed by atoms with Crippen molar-refractivity contribution in [1.82, 2.24) is 15.2 Å². The van der Waals surface area contributed by atoms with Gasteiger partial charge in [-0.15, -0.1) is 0 Å². The maximum atomic E-state index is 13.6. The number of nitrogens with zero attached hydrogens (tertiary/aromatic N) is 2. The number of nitrogens with two attached hydrogens (primary N) is 1. The van der Waals surface area contributed by atoms with Crippen molar-refractivity contribution in [2.75, 3.05) is 31.1 Å². The van der Waals surface area contributed by atoms with E-state index in [1.165, 1.54) is 11.3 Å². The lowest BCUT2D eigenvalue weighted by Crippen LogP contribution is -2.59. The molecular formula is C26H33N5O2. The highest BCUT2D eigenvalue weighted by Gasteiger charge is 2.32. The van der Waals surface area contributed by atoms with Crippen molar-refractivity contribution in [2.45, 2.75) is 38.8 Å². The summed E-state index contributed by atoms with van der Waals surface area (Å²) in [6, 6.07) is 15.6. The maximum absolute atomic E-state index is 13.6. The molecule has 7 nitrogen and oxygen atoms in total. The molecule has 4 rings (SSSR count). The van der Waals surface area contributed by atoms with Crippen LogP contribution in [0.4, 0.5) is 5.69 Å². The third-order valence-corrected chi connectivity index (χ3v) is 6.34. The number of nitrogens with one attached hydrogen (secondary N) is 2. The summed E-state index contributed by atoms with van der Waals surface area (Å²) in [6.07, 6.45) is 2.32. The Kier molecular flexibility index (Phi) is 6.42. The average molecular weight is 448 g/mol. The van der Waals surface area contributed by atoms with E-state index in [9.17, 15) is 9.59 Å². The van der Waals surface area contributed by atoms with Gasteiger partial charge in [-0.2, -0.15) is 0 Å². The first kappa shape index (κ1) is 22.9. The number of anilines is 1. The zero-order valence-electron chi connectivity index (χ0n) is 19.6. The van der Waals surface area contributed by atoms with Gasteiger partial charge in [0, 0.05) is 55.4 Å². The second-order valence-electron chi connectivity index (χ2n) is 9.41. The quantitative estimate of drug-likeness (QED) is 0.541. The Labute approximate surface area is 194 Å². The summed E-state index contributed by atoms with van der Waals surface area (Å²) in [5.74, 6) is -0.401. The number of amides is 2. The van der Waals surface area contributed by atoms with Crippen molar-refractivity contribution < 1.29 is 9.59 Å². The number of hydrogen-bond acceptors (Lipinski definition) is 4. The molecule has 0 saturated carbocycles. The van der Waals surface area contributed by atoms with Crippen molar-refractivity contribution in [3.05, 3.63) is 65.9 Å². The van der Waals surface area contributed by atoms with Crippen LogP contribution in [0.1, 0.15) is 25.0 Å². The predicted molar refractivity (Wildman–Crippen MR) is 132 cm³/mol. The van der Waals surface area contributed by atoms with Crippen LogP contribution in [-0.4, -0.2) is 59.5 Å². The number of piperazine rings is 1. The molecule has 1 aromatic heterocycles. The van der Waals surface area contributed by atoms with Crippen molar-refractivity contribution in [3.8, 4) is 0 Å². The van der Waals surface area contributed by atoms with Gasteiger partial charge in [0.05, 0.1) is 5.54 Å². The van der Waals surface area contributed by atoms with E-state index < -0.39 is 11.6 Å². The number of rotatable bonds is 6. The smallest absolute Gasteiger partial charge is 0.245 e. The molecular weight excluding hydrogens is 414 g/mol. The number of hydrogen-bond donors (Lipinski definition) is 3. The molecule has 1 saturated heterocycles. The lowest BCUT2D eigenvalue weighted by Gasteiger charge is -2.38. The van der Waals surface area contributed by atoms with Gasteiger partial charge in [-0.3, -0.25) is 9.59 Å². The summed E-state index contributed by atoms with van der Waals surface area (Å²) in [5, 5.41) is 3.98. The molecule has 2 heterocycles. The minimum Gasteiger partial charge on any atom is -0.368 e. The van der Waals surface area contributed by atoms with Crippen molar-refractivity contribution in [1.29, 1.82) is 0 Å². The van der Waals surface area contributed by atoms with E-state index in [0.29, 0.717) is 19.5 Å². The molecule has 7 heteroatoms. The third kappa shape index (κ3) is 5.03. The van der Waals surface area contributed by atoms with E-state index in [1.54, 1.807) is 13.8 Å². The van der Waals surface area contributed by atoms with Gasteiger partial charge < -0.3 is 25.8 Å². The van der Waals surface area contributed by atoms with Crippen LogP contribution in [0.3, 0.4) is 0 Å². The van der Waals surface area contributed by atoms with E-state index in [4.69, 9.17) is 5.73 Å². The van der Waals surface area contributed by atoms with Crippen LogP contribution in [0.25, 0.3) is 10.9 Å². The molecule has 0 aliphatic carbocycles. The van der Waals surface area contributed by atoms with Gasteiger partial charge in [0.2, 0.25) is 11.8 Å². The summed E-state index contributed by atoms with van der Waals surface area (Å²) < 4.78 is 0. The minimum atomic E-state index is -1.07. The first-order valence-corrected chi connectivity index (χ1v) is 11.5. The number of carbonyl (C=O) groups excluding carboxylic acids is 2. The predicted octanol–water partition coefficient (Wildman–Crippen LogP) is 2.59. The number of aromatic amines is 1. The first-order valence-electron chi connectivity index (χ1n) is 11.5. The molecule has 2 aromatic carbocycles. The molecule has 0 radical (unpaired) electrons. The lowest BCUT2D eigenvalue weighted by molar-refractivity contribution is -0.137. The standard InChI is InChI=1S/C26H33N5O2/c1-18-8-4-7-11-23(18)30-12-14-31(15-13-30)24(32)22(29-25(33)26(2,3)27)16-19-17-28-21-10-6-5-9-20(19)21/h4-11,17,22,28H,12-16,27H2,1-3H3,(H,29,33)/t22-/m1/s1. The Morgan fingerprint density at radius 1 is 1.06 bits per heavy atom. The topological polar surface area (TPSA) is 94.5 Å². The van der Waals surface area contributed by atoms with Gasteiger partial charge in [-0.1, -0.05) is 36.4 Å². The second-order valence-corrected chi connectivity index (χ2v) is 9.41. The van der Waals surface area contributed by atoms with Crippen molar-refractivity contribution in [2.24, 2.45) is 5.73 Å². The van der Waals surface area contributed by atoms with E-state index in [1.807, 2.05) is 47.5 Å². The Morgan fingerprint density at radius 3 is 2.42 bits per heavy atom. The van der Waals surface area contributed by atoms with Gasteiger partial charge >= 0.3 is 0 Å². The zero-order chi connectivity index (χ0) is 23.6. The van der Waals surface area contributed by atoms with Crippen LogP contribution in [0.2, 0.25) is 0 Å². The number of carbonyl (C=O) groups is 2.